The minimum atomic E-state index is 0.205. The van der Waals surface area contributed by atoms with Gasteiger partial charge in [-0.3, -0.25) is 4.79 Å². The first-order valence-electron chi connectivity index (χ1n) is 8.86. The van der Waals surface area contributed by atoms with E-state index in [9.17, 15) is 4.79 Å². The summed E-state index contributed by atoms with van der Waals surface area (Å²) in [4.78, 5) is 19.2. The highest BCUT2D eigenvalue weighted by Crippen LogP contribution is 2.36. The van der Waals surface area contributed by atoms with E-state index in [1.807, 2.05) is 4.90 Å². The molecule has 2 unspecified atom stereocenters. The van der Waals surface area contributed by atoms with Crippen LogP contribution < -0.4 is 0 Å². The van der Waals surface area contributed by atoms with Crippen molar-refractivity contribution in [3.8, 4) is 0 Å². The van der Waals surface area contributed by atoms with Crippen LogP contribution in [0, 0.1) is 6.92 Å². The largest absolute Gasteiger partial charge is 0.342 e. The Balaban J connectivity index is 1.41. The molecule has 1 aromatic carbocycles. The van der Waals surface area contributed by atoms with Gasteiger partial charge in [-0.05, 0) is 42.7 Å². The van der Waals surface area contributed by atoms with Gasteiger partial charge in [-0.2, -0.15) is 4.98 Å². The molecule has 0 radical (unpaired) electrons. The molecule has 24 heavy (non-hydrogen) atoms. The summed E-state index contributed by atoms with van der Waals surface area (Å²) in [5.41, 5.74) is 2.78. The molecule has 0 N–H and O–H groups in total. The summed E-state index contributed by atoms with van der Waals surface area (Å²) >= 11 is 0. The van der Waals surface area contributed by atoms with Gasteiger partial charge in [0.15, 0.2) is 5.82 Å². The smallest absolute Gasteiger partial charge is 0.223 e. The van der Waals surface area contributed by atoms with Gasteiger partial charge in [0.05, 0.1) is 0 Å². The molecule has 1 saturated heterocycles. The quantitative estimate of drug-likeness (QED) is 0.869. The number of aromatic nitrogens is 2. The van der Waals surface area contributed by atoms with Crippen molar-refractivity contribution in [2.45, 2.75) is 50.9 Å². The Morgan fingerprint density at radius 1 is 1.33 bits per heavy atom. The normalized spacial score (nSPS) is 23.3. The van der Waals surface area contributed by atoms with Crippen molar-refractivity contribution in [2.75, 3.05) is 13.1 Å². The van der Waals surface area contributed by atoms with Gasteiger partial charge in [-0.1, -0.05) is 29.4 Å². The second-order valence-electron chi connectivity index (χ2n) is 6.99. The van der Waals surface area contributed by atoms with Gasteiger partial charge in [0.1, 0.15) is 0 Å². The summed E-state index contributed by atoms with van der Waals surface area (Å²) in [6.45, 7) is 3.37. The molecule has 5 heteroatoms. The molecule has 2 aliphatic rings. The van der Waals surface area contributed by atoms with Gasteiger partial charge in [-0.15, -0.1) is 0 Å². The van der Waals surface area contributed by atoms with Crippen molar-refractivity contribution < 1.29 is 9.32 Å². The van der Waals surface area contributed by atoms with E-state index in [2.05, 4.69) is 34.4 Å². The maximum absolute atomic E-state index is 12.8. The van der Waals surface area contributed by atoms with Crippen LogP contribution in [0.5, 0.6) is 0 Å². The number of hydrogen-bond acceptors (Lipinski definition) is 4. The third kappa shape index (κ3) is 2.95. The molecule has 4 rings (SSSR count). The standard InChI is InChI=1S/C19H23N3O2/c1-13-20-19(21-24-13)16-6-4-10-22(12-16)18(23)11-15-9-8-14-5-2-3-7-17(14)15/h2-3,5,7,15-16H,4,6,8-12H2,1H3. The van der Waals surface area contributed by atoms with E-state index in [1.165, 1.54) is 11.1 Å². The molecule has 126 valence electrons. The van der Waals surface area contributed by atoms with Crippen molar-refractivity contribution in [2.24, 2.45) is 0 Å². The van der Waals surface area contributed by atoms with Gasteiger partial charge in [0.25, 0.3) is 0 Å². The van der Waals surface area contributed by atoms with E-state index < -0.39 is 0 Å². The molecule has 1 aliphatic heterocycles. The molecular weight excluding hydrogens is 302 g/mol. The Kier molecular flexibility index (Phi) is 4.08. The van der Waals surface area contributed by atoms with Crippen molar-refractivity contribution in [3.63, 3.8) is 0 Å². The number of amides is 1. The third-order valence-corrected chi connectivity index (χ3v) is 5.36. The zero-order chi connectivity index (χ0) is 16.5. The number of aryl methyl sites for hydroxylation is 2. The van der Waals surface area contributed by atoms with Gasteiger partial charge in [-0.25, -0.2) is 0 Å². The second kappa shape index (κ2) is 6.38. The Morgan fingerprint density at radius 2 is 2.21 bits per heavy atom. The van der Waals surface area contributed by atoms with E-state index in [4.69, 9.17) is 4.52 Å². The summed E-state index contributed by atoms with van der Waals surface area (Å²) in [7, 11) is 0. The Morgan fingerprint density at radius 3 is 3.04 bits per heavy atom. The number of nitrogens with zero attached hydrogens (tertiary/aromatic N) is 3. The van der Waals surface area contributed by atoms with E-state index >= 15 is 0 Å². The van der Waals surface area contributed by atoms with E-state index in [-0.39, 0.29) is 11.8 Å². The summed E-state index contributed by atoms with van der Waals surface area (Å²) in [6, 6.07) is 8.54. The second-order valence-corrected chi connectivity index (χ2v) is 6.99. The number of fused-ring (bicyclic) bond motifs is 1. The average Bonchev–Trinajstić information content (AvgIpc) is 3.22. The summed E-state index contributed by atoms with van der Waals surface area (Å²) in [5.74, 6) is 2.19. The summed E-state index contributed by atoms with van der Waals surface area (Å²) in [5, 5.41) is 4.04. The van der Waals surface area contributed by atoms with Crippen molar-refractivity contribution in [1.29, 1.82) is 0 Å². The van der Waals surface area contributed by atoms with E-state index in [1.54, 1.807) is 6.92 Å². The van der Waals surface area contributed by atoms with Crippen LogP contribution in [-0.2, 0) is 11.2 Å². The average molecular weight is 325 g/mol. The van der Waals surface area contributed by atoms with E-state index in [0.29, 0.717) is 24.8 Å². The highest BCUT2D eigenvalue weighted by atomic mass is 16.5. The van der Waals surface area contributed by atoms with Crippen LogP contribution in [0.3, 0.4) is 0 Å². The Labute approximate surface area is 142 Å². The fourth-order valence-corrected chi connectivity index (χ4v) is 4.09. The molecular formula is C19H23N3O2. The predicted octanol–water partition coefficient (Wildman–Crippen LogP) is 3.20. The van der Waals surface area contributed by atoms with Crippen LogP contribution in [0.25, 0.3) is 0 Å². The lowest BCUT2D eigenvalue weighted by Crippen LogP contribution is -2.39. The molecule has 2 aromatic rings. The lowest BCUT2D eigenvalue weighted by atomic mass is 9.94. The highest BCUT2D eigenvalue weighted by molar-refractivity contribution is 5.77. The minimum absolute atomic E-state index is 0.205. The van der Waals surface area contributed by atoms with Crippen molar-refractivity contribution in [3.05, 3.63) is 47.1 Å². The molecule has 1 aliphatic carbocycles. The minimum Gasteiger partial charge on any atom is -0.342 e. The molecule has 0 bridgehead atoms. The first-order chi connectivity index (χ1) is 11.7. The first-order valence-corrected chi connectivity index (χ1v) is 8.86. The maximum atomic E-state index is 12.8. The predicted molar refractivity (Wildman–Crippen MR) is 89.7 cm³/mol. The van der Waals surface area contributed by atoms with Crippen LogP contribution in [0.2, 0.25) is 0 Å². The topological polar surface area (TPSA) is 59.2 Å². The summed E-state index contributed by atoms with van der Waals surface area (Å²) in [6.07, 6.45) is 4.83. The zero-order valence-electron chi connectivity index (χ0n) is 14.1. The SMILES string of the molecule is Cc1nc(C2CCCN(C(=O)CC3CCc4ccccc43)C2)no1. The van der Waals surface area contributed by atoms with Gasteiger partial charge >= 0.3 is 0 Å². The molecule has 5 nitrogen and oxygen atoms in total. The number of benzene rings is 1. The van der Waals surface area contributed by atoms with Crippen molar-refractivity contribution in [1.82, 2.24) is 15.0 Å². The molecule has 2 atom stereocenters. The number of carbonyl (C=O) groups excluding carboxylic acids is 1. The number of likely N-dealkylation sites (tertiary alicyclic amines) is 1. The first kappa shape index (κ1) is 15.4. The number of carbonyl (C=O) groups is 1. The monoisotopic (exact) mass is 325 g/mol. The third-order valence-electron chi connectivity index (χ3n) is 5.36. The molecule has 1 aromatic heterocycles. The van der Waals surface area contributed by atoms with Crippen LogP contribution in [0.1, 0.15) is 60.4 Å². The fraction of sp³-hybridized carbons (Fsp3) is 0.526. The highest BCUT2D eigenvalue weighted by Gasteiger charge is 2.30. The molecule has 0 saturated carbocycles. The lowest BCUT2D eigenvalue weighted by molar-refractivity contribution is -0.132. The number of hydrogen-bond donors (Lipinski definition) is 0. The number of rotatable bonds is 3. The lowest BCUT2D eigenvalue weighted by Gasteiger charge is -2.32. The molecule has 2 heterocycles. The zero-order valence-corrected chi connectivity index (χ0v) is 14.1. The van der Waals surface area contributed by atoms with Crippen LogP contribution >= 0.6 is 0 Å². The Bertz CT molecular complexity index is 740. The van der Waals surface area contributed by atoms with E-state index in [0.717, 1.165) is 38.1 Å². The molecule has 0 spiro atoms. The van der Waals surface area contributed by atoms with Crippen molar-refractivity contribution >= 4 is 5.91 Å². The van der Waals surface area contributed by atoms with Gasteiger partial charge < -0.3 is 9.42 Å². The summed E-state index contributed by atoms with van der Waals surface area (Å²) < 4.78 is 5.10. The van der Waals surface area contributed by atoms with Gasteiger partial charge in [0.2, 0.25) is 11.8 Å². The molecule has 1 fully saturated rings. The molecule has 1 amide bonds. The fourth-order valence-electron chi connectivity index (χ4n) is 4.09. The van der Waals surface area contributed by atoms with Gasteiger partial charge in [0, 0.05) is 32.4 Å². The Hall–Kier alpha value is -2.17. The van der Waals surface area contributed by atoms with Crippen LogP contribution in [-0.4, -0.2) is 34.0 Å². The van der Waals surface area contributed by atoms with Crippen LogP contribution in [0.15, 0.2) is 28.8 Å². The number of piperidine rings is 1. The van der Waals surface area contributed by atoms with Crippen LogP contribution in [0.4, 0.5) is 0 Å². The maximum Gasteiger partial charge on any atom is 0.223 e.